The van der Waals surface area contributed by atoms with Crippen LogP contribution in [0.15, 0.2) is 23.1 Å². The lowest BCUT2D eigenvalue weighted by Gasteiger charge is -2.20. The van der Waals surface area contributed by atoms with Crippen LogP contribution in [0.1, 0.15) is 6.92 Å². The molecule has 1 aromatic carbocycles. The fourth-order valence-electron chi connectivity index (χ4n) is 1.73. The summed E-state index contributed by atoms with van der Waals surface area (Å²) >= 11 is 0. The molecule has 0 spiro atoms. The van der Waals surface area contributed by atoms with E-state index < -0.39 is 33.1 Å². The average molecular weight is 317 g/mol. The third-order valence-corrected chi connectivity index (χ3v) is 4.18. The molecule has 2 N–H and O–H groups in total. The molecule has 0 radical (unpaired) electrons. The highest BCUT2D eigenvalue weighted by Gasteiger charge is 2.24. The van der Waals surface area contributed by atoms with Crippen LogP contribution in [-0.2, 0) is 14.8 Å². The zero-order valence-electron chi connectivity index (χ0n) is 11.4. The Hall–Kier alpha value is -2.20. The number of carboxylic acid groups (broad SMARTS) is 1. The van der Waals surface area contributed by atoms with Gasteiger partial charge < -0.3 is 10.0 Å². The number of benzene rings is 1. The highest BCUT2D eigenvalue weighted by atomic mass is 32.2. The molecule has 21 heavy (non-hydrogen) atoms. The van der Waals surface area contributed by atoms with E-state index >= 15 is 0 Å². The monoisotopic (exact) mass is 317 g/mol. The van der Waals surface area contributed by atoms with Crippen molar-refractivity contribution in [2.45, 2.75) is 11.8 Å². The largest absolute Gasteiger partial charge is 0.480 e. The van der Waals surface area contributed by atoms with E-state index in [9.17, 15) is 23.3 Å². The quantitative estimate of drug-likeness (QED) is 0.550. The van der Waals surface area contributed by atoms with Gasteiger partial charge in [-0.3, -0.25) is 14.9 Å². The fourth-order valence-corrected chi connectivity index (χ4v) is 2.48. The van der Waals surface area contributed by atoms with Gasteiger partial charge in [-0.2, -0.15) is 0 Å². The van der Waals surface area contributed by atoms with E-state index in [1.807, 2.05) is 0 Å². The first-order valence-electron chi connectivity index (χ1n) is 5.91. The molecule has 0 saturated heterocycles. The van der Waals surface area contributed by atoms with Crippen LogP contribution >= 0.6 is 0 Å². The molecule has 0 bridgehead atoms. The lowest BCUT2D eigenvalue weighted by molar-refractivity contribution is -0.384. The maximum Gasteiger partial charge on any atom is 0.323 e. The van der Waals surface area contributed by atoms with Crippen molar-refractivity contribution in [3.05, 3.63) is 28.3 Å². The number of carboxylic acids is 1. The standard InChI is InChI=1S/C11H15N3O6S/c1-3-13(7-11(15)16)9-5-4-8(21(19,20)12-2)6-10(9)14(17)18/h4-6,12H,3,7H2,1-2H3,(H,15,16). The predicted molar refractivity (Wildman–Crippen MR) is 74.9 cm³/mol. The summed E-state index contributed by atoms with van der Waals surface area (Å²) in [6.45, 7) is 1.45. The minimum Gasteiger partial charge on any atom is -0.480 e. The van der Waals surface area contributed by atoms with Gasteiger partial charge in [0.05, 0.1) is 9.82 Å². The number of hydrogen-bond donors (Lipinski definition) is 2. The van der Waals surface area contributed by atoms with Crippen LogP contribution in [0.3, 0.4) is 0 Å². The Morgan fingerprint density at radius 3 is 2.52 bits per heavy atom. The number of anilines is 1. The van der Waals surface area contributed by atoms with Gasteiger partial charge >= 0.3 is 5.97 Å². The lowest BCUT2D eigenvalue weighted by atomic mass is 10.2. The second-order valence-electron chi connectivity index (χ2n) is 4.02. The Morgan fingerprint density at radius 2 is 2.10 bits per heavy atom. The van der Waals surface area contributed by atoms with E-state index in [1.54, 1.807) is 6.92 Å². The maximum atomic E-state index is 11.7. The molecule has 1 rings (SSSR count). The van der Waals surface area contributed by atoms with Crippen LogP contribution in [0.5, 0.6) is 0 Å². The molecule has 0 amide bonds. The number of nitro benzene ring substituents is 1. The molecular weight excluding hydrogens is 302 g/mol. The van der Waals surface area contributed by atoms with Gasteiger partial charge in [-0.05, 0) is 26.1 Å². The summed E-state index contributed by atoms with van der Waals surface area (Å²) in [4.78, 5) is 22.2. The third-order valence-electron chi connectivity index (χ3n) is 2.77. The molecule has 10 heteroatoms. The highest BCUT2D eigenvalue weighted by Crippen LogP contribution is 2.30. The van der Waals surface area contributed by atoms with Crippen molar-refractivity contribution < 1.29 is 23.2 Å². The van der Waals surface area contributed by atoms with Gasteiger partial charge in [0, 0.05) is 12.6 Å². The predicted octanol–water partition coefficient (Wildman–Crippen LogP) is 0.414. The minimum absolute atomic E-state index is 0.0555. The Bertz CT molecular complexity index is 658. The number of likely N-dealkylation sites (N-methyl/N-ethyl adjacent to an activating group) is 1. The number of carbonyl (C=O) groups is 1. The molecule has 0 saturated carbocycles. The molecule has 9 nitrogen and oxygen atoms in total. The lowest BCUT2D eigenvalue weighted by Crippen LogP contribution is -2.30. The molecule has 1 aromatic rings. The number of rotatable bonds is 7. The Labute approximate surface area is 121 Å². The fraction of sp³-hybridized carbons (Fsp3) is 0.364. The van der Waals surface area contributed by atoms with E-state index in [4.69, 9.17) is 5.11 Å². The molecule has 0 aliphatic heterocycles. The van der Waals surface area contributed by atoms with Crippen molar-refractivity contribution in [2.24, 2.45) is 0 Å². The SMILES string of the molecule is CCN(CC(=O)O)c1ccc(S(=O)(=O)NC)cc1[N+](=O)[O-]. The topological polar surface area (TPSA) is 130 Å². The van der Waals surface area contributed by atoms with Gasteiger partial charge in [-0.25, -0.2) is 13.1 Å². The van der Waals surface area contributed by atoms with Crippen LogP contribution < -0.4 is 9.62 Å². The van der Waals surface area contributed by atoms with Crippen LogP contribution in [-0.4, -0.2) is 44.6 Å². The van der Waals surface area contributed by atoms with E-state index in [2.05, 4.69) is 4.72 Å². The number of nitrogens with zero attached hydrogens (tertiary/aromatic N) is 2. The van der Waals surface area contributed by atoms with Gasteiger partial charge in [0.1, 0.15) is 12.2 Å². The Balaban J connectivity index is 3.41. The third kappa shape index (κ3) is 3.89. The highest BCUT2D eigenvalue weighted by molar-refractivity contribution is 7.89. The second-order valence-corrected chi connectivity index (χ2v) is 5.91. The zero-order chi connectivity index (χ0) is 16.2. The van der Waals surface area contributed by atoms with Gasteiger partial charge in [0.25, 0.3) is 5.69 Å². The second kappa shape index (κ2) is 6.50. The first-order chi connectivity index (χ1) is 9.72. The van der Waals surface area contributed by atoms with Crippen LogP contribution in [0, 0.1) is 10.1 Å². The number of sulfonamides is 1. The van der Waals surface area contributed by atoms with Crippen molar-refractivity contribution in [2.75, 3.05) is 25.0 Å². The molecule has 0 unspecified atom stereocenters. The number of aliphatic carboxylic acids is 1. The summed E-state index contributed by atoms with van der Waals surface area (Å²) in [7, 11) is -2.62. The molecular formula is C11H15N3O6S. The van der Waals surface area contributed by atoms with Gasteiger partial charge in [0.2, 0.25) is 10.0 Å². The maximum absolute atomic E-state index is 11.7. The van der Waals surface area contributed by atoms with Crippen molar-refractivity contribution in [1.29, 1.82) is 0 Å². The number of nitrogens with one attached hydrogen (secondary N) is 1. The normalized spacial score (nSPS) is 11.1. The van der Waals surface area contributed by atoms with Crippen LogP contribution in [0.4, 0.5) is 11.4 Å². The molecule has 0 aliphatic carbocycles. The van der Waals surface area contributed by atoms with Crippen molar-refractivity contribution in [3.8, 4) is 0 Å². The van der Waals surface area contributed by atoms with Crippen molar-refractivity contribution in [3.63, 3.8) is 0 Å². The number of hydrogen-bond acceptors (Lipinski definition) is 6. The van der Waals surface area contributed by atoms with Crippen molar-refractivity contribution >= 4 is 27.4 Å². The summed E-state index contributed by atoms with van der Waals surface area (Å²) in [5.74, 6) is -1.14. The van der Waals surface area contributed by atoms with Gasteiger partial charge in [-0.1, -0.05) is 0 Å². The molecule has 0 atom stereocenters. The molecule has 116 valence electrons. The first kappa shape index (κ1) is 16.9. The Morgan fingerprint density at radius 1 is 1.48 bits per heavy atom. The molecule has 0 aromatic heterocycles. The van der Waals surface area contributed by atoms with Gasteiger partial charge in [-0.15, -0.1) is 0 Å². The van der Waals surface area contributed by atoms with Gasteiger partial charge in [0.15, 0.2) is 0 Å². The molecule has 0 heterocycles. The number of nitro groups is 1. The van der Waals surface area contributed by atoms with E-state index in [0.29, 0.717) is 0 Å². The smallest absolute Gasteiger partial charge is 0.323 e. The van der Waals surface area contributed by atoms with Crippen LogP contribution in [0.2, 0.25) is 0 Å². The van der Waals surface area contributed by atoms with E-state index in [1.165, 1.54) is 24.1 Å². The summed E-state index contributed by atoms with van der Waals surface area (Å²) in [6, 6.07) is 3.33. The van der Waals surface area contributed by atoms with Crippen molar-refractivity contribution in [1.82, 2.24) is 4.72 Å². The first-order valence-corrected chi connectivity index (χ1v) is 7.40. The zero-order valence-corrected chi connectivity index (χ0v) is 12.3. The average Bonchev–Trinajstić information content (AvgIpc) is 2.43. The molecule has 0 aliphatic rings. The summed E-state index contributed by atoms with van der Waals surface area (Å²) in [5, 5.41) is 19.9. The Kier molecular flexibility index (Phi) is 5.22. The van der Waals surface area contributed by atoms with E-state index in [0.717, 1.165) is 6.07 Å². The summed E-state index contributed by atoms with van der Waals surface area (Å²) in [5.41, 5.74) is -0.408. The van der Waals surface area contributed by atoms with Crippen LogP contribution in [0.25, 0.3) is 0 Å². The minimum atomic E-state index is -3.82. The summed E-state index contributed by atoms with van der Waals surface area (Å²) < 4.78 is 25.4. The van der Waals surface area contributed by atoms with E-state index in [-0.39, 0.29) is 17.1 Å². The molecule has 0 fully saturated rings. The summed E-state index contributed by atoms with van der Waals surface area (Å²) in [6.07, 6.45) is 0.